The standard InChI is InChI=1S/C21H25N5O/c1-17-5-2-3-7-19(17)13-20-23-24-21(27-20)16-26-11-9-25(10-12-26)15-18-6-4-8-22-14-18/h2-8,14H,9-13,15-16H2,1H3. The first-order valence-corrected chi connectivity index (χ1v) is 9.45. The summed E-state index contributed by atoms with van der Waals surface area (Å²) in [5.74, 6) is 1.40. The van der Waals surface area contributed by atoms with E-state index >= 15 is 0 Å². The van der Waals surface area contributed by atoms with Crippen molar-refractivity contribution in [3.05, 3.63) is 77.3 Å². The van der Waals surface area contributed by atoms with Gasteiger partial charge in [0.1, 0.15) is 0 Å². The largest absolute Gasteiger partial charge is 0.424 e. The Labute approximate surface area is 159 Å². The number of benzene rings is 1. The van der Waals surface area contributed by atoms with Gasteiger partial charge in [0.15, 0.2) is 0 Å². The summed E-state index contributed by atoms with van der Waals surface area (Å²) in [6.07, 6.45) is 4.46. The third-order valence-corrected chi connectivity index (χ3v) is 5.06. The van der Waals surface area contributed by atoms with E-state index in [1.165, 1.54) is 16.7 Å². The first-order valence-electron chi connectivity index (χ1n) is 9.45. The number of aromatic nitrogens is 3. The van der Waals surface area contributed by atoms with Gasteiger partial charge in [-0.25, -0.2) is 0 Å². The number of rotatable bonds is 6. The van der Waals surface area contributed by atoms with Crippen LogP contribution in [0.1, 0.15) is 28.5 Å². The van der Waals surface area contributed by atoms with Crippen molar-refractivity contribution in [2.75, 3.05) is 26.2 Å². The summed E-state index contributed by atoms with van der Waals surface area (Å²) < 4.78 is 5.88. The summed E-state index contributed by atoms with van der Waals surface area (Å²) >= 11 is 0. The predicted molar refractivity (Wildman–Crippen MR) is 103 cm³/mol. The molecule has 140 valence electrons. The molecule has 1 fully saturated rings. The molecule has 6 nitrogen and oxygen atoms in total. The van der Waals surface area contributed by atoms with Crippen LogP contribution < -0.4 is 0 Å². The summed E-state index contributed by atoms with van der Waals surface area (Å²) in [6.45, 7) is 7.89. The van der Waals surface area contributed by atoms with Crippen LogP contribution in [-0.4, -0.2) is 51.2 Å². The Hall–Kier alpha value is -2.57. The fourth-order valence-electron chi connectivity index (χ4n) is 3.44. The fourth-order valence-corrected chi connectivity index (χ4v) is 3.44. The van der Waals surface area contributed by atoms with Gasteiger partial charge in [0, 0.05) is 45.1 Å². The van der Waals surface area contributed by atoms with Crippen LogP contribution in [0.5, 0.6) is 0 Å². The SMILES string of the molecule is Cc1ccccc1Cc1nnc(CN2CCN(Cc3cccnc3)CC2)o1. The van der Waals surface area contributed by atoms with Gasteiger partial charge in [-0.2, -0.15) is 0 Å². The number of hydrogen-bond donors (Lipinski definition) is 0. The maximum atomic E-state index is 5.88. The van der Waals surface area contributed by atoms with Gasteiger partial charge in [0.25, 0.3) is 0 Å². The van der Waals surface area contributed by atoms with Crippen LogP contribution in [0.2, 0.25) is 0 Å². The molecule has 0 saturated carbocycles. The molecule has 3 heterocycles. The molecular formula is C21H25N5O. The zero-order valence-corrected chi connectivity index (χ0v) is 15.7. The number of pyridine rings is 1. The van der Waals surface area contributed by atoms with Crippen LogP contribution in [-0.2, 0) is 19.5 Å². The quantitative estimate of drug-likeness (QED) is 0.671. The van der Waals surface area contributed by atoms with Crippen molar-refractivity contribution in [2.45, 2.75) is 26.4 Å². The van der Waals surface area contributed by atoms with E-state index < -0.39 is 0 Å². The lowest BCUT2D eigenvalue weighted by Gasteiger charge is -2.33. The summed E-state index contributed by atoms with van der Waals surface area (Å²) in [7, 11) is 0. The fraction of sp³-hybridized carbons (Fsp3) is 0.381. The maximum Gasteiger partial charge on any atom is 0.230 e. The molecule has 6 heteroatoms. The second kappa shape index (κ2) is 8.41. The molecule has 0 radical (unpaired) electrons. The average Bonchev–Trinajstić information content (AvgIpc) is 3.13. The Balaban J connectivity index is 1.27. The lowest BCUT2D eigenvalue weighted by molar-refractivity contribution is 0.114. The highest BCUT2D eigenvalue weighted by atomic mass is 16.4. The van der Waals surface area contributed by atoms with Crippen LogP contribution in [0.4, 0.5) is 0 Å². The van der Waals surface area contributed by atoms with Gasteiger partial charge in [-0.3, -0.25) is 14.8 Å². The molecule has 4 rings (SSSR count). The molecule has 1 saturated heterocycles. The van der Waals surface area contributed by atoms with Crippen molar-refractivity contribution < 1.29 is 4.42 Å². The molecule has 0 spiro atoms. The minimum atomic E-state index is 0.689. The van der Waals surface area contributed by atoms with E-state index in [0.29, 0.717) is 18.2 Å². The molecule has 3 aromatic rings. The second-order valence-corrected chi connectivity index (χ2v) is 7.11. The number of nitrogens with zero attached hydrogens (tertiary/aromatic N) is 5. The molecule has 0 aliphatic carbocycles. The van der Waals surface area contributed by atoms with Gasteiger partial charge < -0.3 is 4.42 Å². The Kier molecular flexibility index (Phi) is 5.55. The average molecular weight is 363 g/mol. The third-order valence-electron chi connectivity index (χ3n) is 5.06. The normalized spacial score (nSPS) is 15.9. The molecule has 2 aromatic heterocycles. The van der Waals surface area contributed by atoms with Crippen LogP contribution in [0.25, 0.3) is 0 Å². The van der Waals surface area contributed by atoms with Crippen molar-refractivity contribution in [1.29, 1.82) is 0 Å². The smallest absolute Gasteiger partial charge is 0.230 e. The minimum Gasteiger partial charge on any atom is -0.424 e. The van der Waals surface area contributed by atoms with Crippen LogP contribution in [0.15, 0.2) is 53.2 Å². The van der Waals surface area contributed by atoms with Crippen LogP contribution in [0, 0.1) is 6.92 Å². The van der Waals surface area contributed by atoms with E-state index in [1.807, 2.05) is 30.6 Å². The zero-order valence-electron chi connectivity index (χ0n) is 15.7. The molecule has 0 amide bonds. The van der Waals surface area contributed by atoms with Crippen molar-refractivity contribution in [1.82, 2.24) is 25.0 Å². The van der Waals surface area contributed by atoms with Crippen molar-refractivity contribution in [3.8, 4) is 0 Å². The maximum absolute atomic E-state index is 5.88. The van der Waals surface area contributed by atoms with Crippen molar-refractivity contribution >= 4 is 0 Å². The Morgan fingerprint density at radius 1 is 0.889 bits per heavy atom. The molecule has 0 atom stereocenters. The summed E-state index contributed by atoms with van der Waals surface area (Å²) in [5, 5.41) is 8.47. The Morgan fingerprint density at radius 2 is 1.63 bits per heavy atom. The summed E-state index contributed by atoms with van der Waals surface area (Å²) in [5.41, 5.74) is 3.75. The third kappa shape index (κ3) is 4.78. The van der Waals surface area contributed by atoms with Gasteiger partial charge in [0.2, 0.25) is 11.8 Å². The van der Waals surface area contributed by atoms with E-state index in [1.54, 1.807) is 0 Å². The number of piperazine rings is 1. The van der Waals surface area contributed by atoms with E-state index in [2.05, 4.69) is 50.1 Å². The van der Waals surface area contributed by atoms with Gasteiger partial charge in [-0.15, -0.1) is 10.2 Å². The molecule has 0 N–H and O–H groups in total. The van der Waals surface area contributed by atoms with Crippen LogP contribution >= 0.6 is 0 Å². The van der Waals surface area contributed by atoms with Crippen LogP contribution in [0.3, 0.4) is 0 Å². The van der Waals surface area contributed by atoms with Gasteiger partial charge in [-0.1, -0.05) is 30.3 Å². The molecule has 1 aliphatic rings. The predicted octanol–water partition coefficient (Wildman–Crippen LogP) is 2.68. The topological polar surface area (TPSA) is 58.3 Å². The molecule has 0 unspecified atom stereocenters. The second-order valence-electron chi connectivity index (χ2n) is 7.11. The van der Waals surface area contributed by atoms with Gasteiger partial charge in [-0.05, 0) is 29.7 Å². The Morgan fingerprint density at radius 3 is 2.37 bits per heavy atom. The lowest BCUT2D eigenvalue weighted by Crippen LogP contribution is -2.45. The van der Waals surface area contributed by atoms with Crippen molar-refractivity contribution in [3.63, 3.8) is 0 Å². The summed E-state index contributed by atoms with van der Waals surface area (Å²) in [4.78, 5) is 9.04. The highest BCUT2D eigenvalue weighted by Crippen LogP contribution is 2.14. The van der Waals surface area contributed by atoms with Gasteiger partial charge >= 0.3 is 0 Å². The number of aryl methyl sites for hydroxylation is 1. The van der Waals surface area contributed by atoms with E-state index in [4.69, 9.17) is 4.42 Å². The first-order chi connectivity index (χ1) is 13.3. The van der Waals surface area contributed by atoms with E-state index in [0.717, 1.165) is 39.3 Å². The molecule has 27 heavy (non-hydrogen) atoms. The highest BCUT2D eigenvalue weighted by molar-refractivity contribution is 5.27. The molecule has 1 aromatic carbocycles. The molecule has 0 bridgehead atoms. The first kappa shape index (κ1) is 17.8. The highest BCUT2D eigenvalue weighted by Gasteiger charge is 2.19. The van der Waals surface area contributed by atoms with E-state index in [-0.39, 0.29) is 0 Å². The lowest BCUT2D eigenvalue weighted by atomic mass is 10.1. The number of hydrogen-bond acceptors (Lipinski definition) is 6. The van der Waals surface area contributed by atoms with Crippen molar-refractivity contribution in [2.24, 2.45) is 0 Å². The Bertz CT molecular complexity index is 856. The minimum absolute atomic E-state index is 0.689. The zero-order chi connectivity index (χ0) is 18.5. The molecular weight excluding hydrogens is 338 g/mol. The van der Waals surface area contributed by atoms with E-state index in [9.17, 15) is 0 Å². The summed E-state index contributed by atoms with van der Waals surface area (Å²) in [6, 6.07) is 12.4. The monoisotopic (exact) mass is 363 g/mol. The van der Waals surface area contributed by atoms with Gasteiger partial charge in [0.05, 0.1) is 13.0 Å². The molecule has 1 aliphatic heterocycles.